The maximum absolute atomic E-state index is 13.1. The number of hydrogen-bond acceptors (Lipinski definition) is 4. The second kappa shape index (κ2) is 5.81. The summed E-state index contributed by atoms with van der Waals surface area (Å²) in [5, 5.41) is 10.8. The van der Waals surface area contributed by atoms with Gasteiger partial charge in [0.1, 0.15) is 23.1 Å². The normalized spacial score (nSPS) is 24.6. The molecule has 1 heterocycles. The first-order valence-electron chi connectivity index (χ1n) is 7.29. The van der Waals surface area contributed by atoms with Gasteiger partial charge in [0, 0.05) is 6.42 Å². The van der Waals surface area contributed by atoms with Crippen molar-refractivity contribution in [3.63, 3.8) is 0 Å². The lowest BCUT2D eigenvalue weighted by molar-refractivity contribution is -0.122. The molecular weight excluding hydrogens is 303 g/mol. The summed E-state index contributed by atoms with van der Waals surface area (Å²) in [5.74, 6) is -1.17. The van der Waals surface area contributed by atoms with E-state index >= 15 is 0 Å². The zero-order chi connectivity index (χ0) is 17.4. The Morgan fingerprint density at radius 3 is 2.39 bits per heavy atom. The number of amides is 2. The van der Waals surface area contributed by atoms with Crippen LogP contribution in [0.3, 0.4) is 0 Å². The van der Waals surface area contributed by atoms with Gasteiger partial charge in [-0.1, -0.05) is 12.1 Å². The molecule has 23 heavy (non-hydrogen) atoms. The van der Waals surface area contributed by atoms with Gasteiger partial charge in [0.2, 0.25) is 5.91 Å². The van der Waals surface area contributed by atoms with Gasteiger partial charge in [-0.3, -0.25) is 9.69 Å². The lowest BCUT2D eigenvalue weighted by Crippen LogP contribution is -2.46. The van der Waals surface area contributed by atoms with Crippen molar-refractivity contribution in [2.75, 3.05) is 6.54 Å². The number of likely N-dealkylation sites (tertiary alicyclic amines) is 1. The molecule has 0 bridgehead atoms. The highest BCUT2D eigenvalue weighted by Gasteiger charge is 2.49. The van der Waals surface area contributed by atoms with Crippen molar-refractivity contribution < 1.29 is 23.8 Å². The Balaban J connectivity index is 2.28. The van der Waals surface area contributed by atoms with Gasteiger partial charge in [0.15, 0.2) is 0 Å². The summed E-state index contributed by atoms with van der Waals surface area (Å²) in [6.07, 6.45) is -0.785. The van der Waals surface area contributed by atoms with Crippen LogP contribution in [0.1, 0.15) is 32.8 Å². The molecular formula is C16H21FN2O4. The largest absolute Gasteiger partial charge is 0.444 e. The number of nitrogens with two attached hydrogens (primary N) is 1. The van der Waals surface area contributed by atoms with Crippen LogP contribution in [-0.2, 0) is 15.1 Å². The van der Waals surface area contributed by atoms with E-state index in [4.69, 9.17) is 10.5 Å². The van der Waals surface area contributed by atoms with Crippen molar-refractivity contribution in [1.29, 1.82) is 0 Å². The average Bonchev–Trinajstić information content (AvgIpc) is 2.77. The Bertz CT molecular complexity index is 612. The summed E-state index contributed by atoms with van der Waals surface area (Å²) in [7, 11) is 0. The average molecular weight is 324 g/mol. The van der Waals surface area contributed by atoms with Gasteiger partial charge in [0.25, 0.3) is 0 Å². The number of benzene rings is 1. The third-order valence-electron chi connectivity index (χ3n) is 3.68. The minimum absolute atomic E-state index is 0.0623. The zero-order valence-corrected chi connectivity index (χ0v) is 13.4. The molecule has 1 aliphatic rings. The Hall–Kier alpha value is -2.15. The highest BCUT2D eigenvalue weighted by atomic mass is 19.1. The van der Waals surface area contributed by atoms with E-state index in [0.717, 1.165) is 4.90 Å². The number of hydrogen-bond donors (Lipinski definition) is 2. The topological polar surface area (TPSA) is 92.9 Å². The number of rotatable bonds is 2. The molecule has 0 unspecified atom stereocenters. The first-order chi connectivity index (χ1) is 10.5. The summed E-state index contributed by atoms with van der Waals surface area (Å²) < 4.78 is 18.3. The van der Waals surface area contributed by atoms with Crippen LogP contribution >= 0.6 is 0 Å². The molecule has 2 rings (SSSR count). The number of ether oxygens (including phenoxy) is 1. The third-order valence-corrected chi connectivity index (χ3v) is 3.68. The summed E-state index contributed by atoms with van der Waals surface area (Å²) in [6, 6.07) is 4.28. The van der Waals surface area contributed by atoms with E-state index in [-0.39, 0.29) is 13.0 Å². The minimum Gasteiger partial charge on any atom is -0.444 e. The van der Waals surface area contributed by atoms with Gasteiger partial charge in [-0.2, -0.15) is 0 Å². The molecule has 126 valence electrons. The van der Waals surface area contributed by atoms with Crippen LogP contribution in [0.25, 0.3) is 0 Å². The molecule has 6 nitrogen and oxygen atoms in total. The lowest BCUT2D eigenvalue weighted by atomic mass is 9.91. The summed E-state index contributed by atoms with van der Waals surface area (Å²) in [6.45, 7) is 4.95. The van der Waals surface area contributed by atoms with E-state index in [1.807, 2.05) is 0 Å². The zero-order valence-electron chi connectivity index (χ0n) is 13.4. The molecule has 1 fully saturated rings. The van der Waals surface area contributed by atoms with Crippen LogP contribution in [0.4, 0.5) is 9.18 Å². The molecule has 2 amide bonds. The summed E-state index contributed by atoms with van der Waals surface area (Å²) in [4.78, 5) is 25.1. The van der Waals surface area contributed by atoms with Crippen molar-refractivity contribution in [1.82, 2.24) is 4.90 Å². The standard InChI is InChI=1S/C16H21FN2O4/c1-15(2,3)23-14(21)19-9-16(22,8-12(19)13(18)20)10-4-6-11(17)7-5-10/h4-7,12,22H,8-9H2,1-3H3,(H2,18,20)/t12-,16-/m0/s1. The maximum atomic E-state index is 13.1. The van der Waals surface area contributed by atoms with Gasteiger partial charge < -0.3 is 15.6 Å². The molecule has 1 saturated heterocycles. The highest BCUT2D eigenvalue weighted by Crippen LogP contribution is 2.36. The molecule has 0 spiro atoms. The first kappa shape index (κ1) is 17.2. The van der Waals surface area contributed by atoms with Crippen molar-refractivity contribution in [2.24, 2.45) is 5.73 Å². The molecule has 0 aromatic heterocycles. The smallest absolute Gasteiger partial charge is 0.411 e. The molecule has 7 heteroatoms. The second-order valence-corrected chi connectivity index (χ2v) is 6.77. The molecule has 1 aliphatic heterocycles. The van der Waals surface area contributed by atoms with Crippen molar-refractivity contribution in [3.05, 3.63) is 35.6 Å². The fourth-order valence-electron chi connectivity index (χ4n) is 2.62. The van der Waals surface area contributed by atoms with E-state index in [1.54, 1.807) is 20.8 Å². The number of primary amides is 1. The molecule has 2 atom stereocenters. The Morgan fingerprint density at radius 1 is 1.35 bits per heavy atom. The SMILES string of the molecule is CC(C)(C)OC(=O)N1C[C@](O)(c2ccc(F)cc2)C[C@H]1C(N)=O. The van der Waals surface area contributed by atoms with Crippen LogP contribution in [-0.4, -0.2) is 40.2 Å². The molecule has 0 saturated carbocycles. The van der Waals surface area contributed by atoms with Gasteiger partial charge >= 0.3 is 6.09 Å². The highest BCUT2D eigenvalue weighted by molar-refractivity contribution is 5.85. The van der Waals surface area contributed by atoms with E-state index in [0.29, 0.717) is 5.56 Å². The third kappa shape index (κ3) is 3.79. The van der Waals surface area contributed by atoms with Crippen molar-refractivity contribution in [2.45, 2.75) is 44.4 Å². The number of halogens is 1. The summed E-state index contributed by atoms with van der Waals surface area (Å²) in [5.41, 5.74) is 3.54. The fraction of sp³-hybridized carbons (Fsp3) is 0.500. The van der Waals surface area contributed by atoms with Crippen molar-refractivity contribution >= 4 is 12.0 Å². The monoisotopic (exact) mass is 324 g/mol. The Labute approximate surface area is 134 Å². The van der Waals surface area contributed by atoms with Crippen LogP contribution in [0.2, 0.25) is 0 Å². The maximum Gasteiger partial charge on any atom is 0.411 e. The van der Waals surface area contributed by atoms with Crippen LogP contribution in [0.15, 0.2) is 24.3 Å². The number of aliphatic hydroxyl groups is 1. The van der Waals surface area contributed by atoms with Gasteiger partial charge in [-0.25, -0.2) is 9.18 Å². The van der Waals surface area contributed by atoms with E-state index in [9.17, 15) is 19.1 Å². The minimum atomic E-state index is -1.48. The lowest BCUT2D eigenvalue weighted by Gasteiger charge is -2.27. The number of carbonyl (C=O) groups is 2. The number of β-amino-alcohol motifs (C(OH)–C–C–N with tert-alkyl or cyclic N) is 1. The predicted octanol–water partition coefficient (Wildman–Crippen LogP) is 1.51. The van der Waals surface area contributed by atoms with Crippen LogP contribution in [0, 0.1) is 5.82 Å². The van der Waals surface area contributed by atoms with E-state index in [2.05, 4.69) is 0 Å². The molecule has 0 radical (unpaired) electrons. The molecule has 0 aliphatic carbocycles. The predicted molar refractivity (Wildman–Crippen MR) is 80.8 cm³/mol. The number of nitrogens with zero attached hydrogens (tertiary/aromatic N) is 1. The van der Waals surface area contributed by atoms with Gasteiger partial charge in [-0.05, 0) is 38.5 Å². The molecule has 3 N–H and O–H groups in total. The van der Waals surface area contributed by atoms with E-state index < -0.39 is 35.1 Å². The molecule has 1 aromatic rings. The quantitative estimate of drug-likeness (QED) is 0.862. The first-order valence-corrected chi connectivity index (χ1v) is 7.29. The van der Waals surface area contributed by atoms with Crippen molar-refractivity contribution in [3.8, 4) is 0 Å². The van der Waals surface area contributed by atoms with Gasteiger partial charge in [-0.15, -0.1) is 0 Å². The summed E-state index contributed by atoms with van der Waals surface area (Å²) >= 11 is 0. The second-order valence-electron chi connectivity index (χ2n) is 6.77. The van der Waals surface area contributed by atoms with Gasteiger partial charge in [0.05, 0.1) is 6.54 Å². The fourth-order valence-corrected chi connectivity index (χ4v) is 2.62. The van der Waals surface area contributed by atoms with Crippen LogP contribution < -0.4 is 5.73 Å². The Morgan fingerprint density at radius 2 is 1.91 bits per heavy atom. The van der Waals surface area contributed by atoms with E-state index in [1.165, 1.54) is 24.3 Å². The molecule has 1 aromatic carbocycles. The Kier molecular flexibility index (Phi) is 4.34. The van der Waals surface area contributed by atoms with Crippen LogP contribution in [0.5, 0.6) is 0 Å². The number of carbonyl (C=O) groups excluding carboxylic acids is 2.